The summed E-state index contributed by atoms with van der Waals surface area (Å²) >= 11 is 0. The van der Waals surface area contributed by atoms with E-state index in [1.165, 1.54) is 32.9 Å². The first-order valence-corrected chi connectivity index (χ1v) is 17.6. The summed E-state index contributed by atoms with van der Waals surface area (Å²) < 4.78 is 279. The zero-order valence-electron chi connectivity index (χ0n) is 27.8. The van der Waals surface area contributed by atoms with Crippen molar-refractivity contribution < 1.29 is 101 Å². The fourth-order valence-corrected chi connectivity index (χ4v) is 9.52. The number of hydrogen-bond donors (Lipinski definition) is 0. The summed E-state index contributed by atoms with van der Waals surface area (Å²) in [5, 5.41) is -7.95. The van der Waals surface area contributed by atoms with Gasteiger partial charge in [0.2, 0.25) is 0 Å². The van der Waals surface area contributed by atoms with Gasteiger partial charge < -0.3 is 9.47 Å². The van der Waals surface area contributed by atoms with Gasteiger partial charge >= 0.3 is 63.2 Å². The number of carbonyl (C=O) groups excluding carboxylic acids is 1. The van der Waals surface area contributed by atoms with E-state index in [-0.39, 0.29) is 0 Å². The molecular weight excluding hydrogens is 855 g/mol. The first-order chi connectivity index (χ1) is 25.0. The highest BCUT2D eigenvalue weighted by Gasteiger charge is 2.96. The average Bonchev–Trinajstić information content (AvgIpc) is 3.06. The van der Waals surface area contributed by atoms with Crippen LogP contribution in [0, 0.1) is 0 Å². The molecule has 0 bridgehead atoms. The molecule has 0 saturated heterocycles. The van der Waals surface area contributed by atoms with E-state index in [0.29, 0.717) is 0 Å². The second-order valence-corrected chi connectivity index (χ2v) is 16.7. The number of hydrogen-bond acceptors (Lipinski definition) is 6. The molecule has 0 radical (unpaired) electrons. The van der Waals surface area contributed by atoms with Crippen molar-refractivity contribution in [1.82, 2.24) is 0 Å². The molecule has 0 N–H and O–H groups in total. The Morgan fingerprint density at radius 3 is 1.18 bits per heavy atom. The van der Waals surface area contributed by atoms with Crippen LogP contribution in [0.2, 0.25) is 0 Å². The molecule has 6 nitrogen and oxygen atoms in total. The third-order valence-corrected chi connectivity index (χ3v) is 12.3. The minimum Gasteiger partial charge on any atom is -0.428 e. The lowest BCUT2D eigenvalue weighted by Gasteiger charge is -2.43. The largest absolute Gasteiger partial charge is 0.514 e. The normalized spacial score (nSPS) is 15.0. The third-order valence-electron chi connectivity index (χ3n) is 7.10. The Bertz CT molecular complexity index is 1930. The van der Waals surface area contributed by atoms with Crippen molar-refractivity contribution in [2.24, 2.45) is 0 Å². The third kappa shape index (κ3) is 7.44. The van der Waals surface area contributed by atoms with Crippen molar-refractivity contribution >= 4 is 26.6 Å². The first-order valence-electron chi connectivity index (χ1n) is 14.6. The Labute approximate surface area is 306 Å². The number of rotatable bonds is 13. The lowest BCUT2D eigenvalue weighted by atomic mass is 9.91. The molecule has 0 unspecified atom stereocenters. The monoisotopic (exact) mass is 878 g/mol. The lowest BCUT2D eigenvalue weighted by Crippen LogP contribution is -2.75. The second-order valence-electron chi connectivity index (χ2n) is 12.2. The van der Waals surface area contributed by atoms with Crippen LogP contribution in [0.15, 0.2) is 99.6 Å². The Morgan fingerprint density at radius 2 is 0.821 bits per heavy atom. The smallest absolute Gasteiger partial charge is 0.428 e. The standard InChI is InChI=1S/C31H23F17O6S2/c1-23(2,3)53-22(49)52-18-14-16-21(17-15-18)55(19-10-6-4-7-11-19,20-12-8-5-9-13-20)54-56(50,51)31(47,48)29(42,43)27(38,39)25(34,35)24(32,33)26(36,37)28(40,41)30(44,45)46/h4-17H,1-3H3. The molecule has 0 fully saturated rings. The highest BCUT2D eigenvalue weighted by atomic mass is 32.3. The summed E-state index contributed by atoms with van der Waals surface area (Å²) in [7, 11) is -12.7. The molecule has 0 spiro atoms. The Morgan fingerprint density at radius 1 is 0.482 bits per heavy atom. The maximum Gasteiger partial charge on any atom is 0.514 e. The van der Waals surface area contributed by atoms with Gasteiger partial charge in [-0.1, -0.05) is 36.4 Å². The predicted octanol–water partition coefficient (Wildman–Crippen LogP) is 11.5. The van der Waals surface area contributed by atoms with Gasteiger partial charge in [0.25, 0.3) is 0 Å². The van der Waals surface area contributed by atoms with Crippen LogP contribution in [-0.2, 0) is 18.5 Å². The molecule has 0 heterocycles. The van der Waals surface area contributed by atoms with Crippen LogP contribution < -0.4 is 4.74 Å². The molecule has 25 heteroatoms. The van der Waals surface area contributed by atoms with Gasteiger partial charge in [-0.05, 0) is 79.6 Å². The Hall–Kier alpha value is -4.00. The molecule has 0 aliphatic heterocycles. The topological polar surface area (TPSA) is 78.9 Å². The fourth-order valence-electron chi connectivity index (χ4n) is 4.30. The van der Waals surface area contributed by atoms with Crippen molar-refractivity contribution in [1.29, 1.82) is 0 Å². The molecule has 56 heavy (non-hydrogen) atoms. The summed E-state index contributed by atoms with van der Waals surface area (Å²) in [6, 6.07) is 13.2. The number of benzene rings is 3. The molecular formula is C31H23F17O6S2. The molecule has 0 saturated carbocycles. The lowest BCUT2D eigenvalue weighted by molar-refractivity contribution is -0.458. The van der Waals surface area contributed by atoms with Crippen molar-refractivity contribution in [3.8, 4) is 5.75 Å². The maximum atomic E-state index is 15.4. The minimum absolute atomic E-state index is 0.437. The summed E-state index contributed by atoms with van der Waals surface area (Å²) in [4.78, 5) is 10.2. The van der Waals surface area contributed by atoms with Crippen LogP contribution in [0.25, 0.3) is 0 Å². The van der Waals surface area contributed by atoms with Crippen LogP contribution in [-0.4, -0.2) is 67.1 Å². The number of carbonyl (C=O) groups is 1. The predicted molar refractivity (Wildman–Crippen MR) is 159 cm³/mol. The molecule has 0 aromatic heterocycles. The molecule has 0 atom stereocenters. The van der Waals surface area contributed by atoms with Crippen molar-refractivity contribution in [3.63, 3.8) is 0 Å². The molecule has 3 rings (SSSR count). The Kier molecular flexibility index (Phi) is 12.0. The highest BCUT2D eigenvalue weighted by Crippen LogP contribution is 2.72. The number of ether oxygens (including phenoxy) is 2. The summed E-state index contributed by atoms with van der Waals surface area (Å²) in [5.74, 6) is -53.1. The van der Waals surface area contributed by atoms with Crippen molar-refractivity contribution in [3.05, 3.63) is 84.9 Å². The van der Waals surface area contributed by atoms with Crippen molar-refractivity contribution in [2.75, 3.05) is 0 Å². The van der Waals surface area contributed by atoms with Gasteiger partial charge in [-0.3, -0.25) is 0 Å². The second kappa shape index (κ2) is 14.4. The van der Waals surface area contributed by atoms with Gasteiger partial charge in [-0.15, -0.1) is 0 Å². The summed E-state index contributed by atoms with van der Waals surface area (Å²) in [6.07, 6.45) is -9.30. The zero-order chi connectivity index (χ0) is 43.4. The van der Waals surface area contributed by atoms with Crippen LogP contribution in [0.4, 0.5) is 79.4 Å². The fraction of sp³-hybridized carbons (Fsp3) is 0.387. The number of alkyl halides is 17. The zero-order valence-corrected chi connectivity index (χ0v) is 29.4. The minimum atomic E-state index is -9.02. The van der Waals surface area contributed by atoms with E-state index in [1.807, 2.05) is 0 Å². The molecule has 3 aromatic rings. The Balaban J connectivity index is 2.29. The van der Waals surface area contributed by atoms with Gasteiger partial charge in [-0.25, -0.2) is 8.42 Å². The van der Waals surface area contributed by atoms with E-state index in [0.717, 1.165) is 72.8 Å². The van der Waals surface area contributed by atoms with Gasteiger partial charge in [0.1, 0.15) is 11.4 Å². The van der Waals surface area contributed by atoms with Gasteiger partial charge in [0.05, 0.1) is 0 Å². The average molecular weight is 879 g/mol. The van der Waals surface area contributed by atoms with E-state index in [1.54, 1.807) is 0 Å². The SMILES string of the molecule is CC(C)(C)OC(=O)Oc1ccc(S(OS(=O)(=O)C(F)(F)C(F)(F)C(F)(F)C(F)(F)C(F)(F)C(F)(F)C(F)(F)C(F)(F)F)(c2ccccc2)c2ccccc2)cc1. The van der Waals surface area contributed by atoms with Crippen LogP contribution in [0.1, 0.15) is 20.8 Å². The molecule has 3 aromatic carbocycles. The first kappa shape index (κ1) is 46.4. The highest BCUT2D eigenvalue weighted by molar-refractivity contribution is 8.33. The van der Waals surface area contributed by atoms with Gasteiger partial charge in [-0.2, -0.15) is 83.1 Å². The molecule has 0 aliphatic rings. The van der Waals surface area contributed by atoms with E-state index in [4.69, 9.17) is 9.47 Å². The van der Waals surface area contributed by atoms with E-state index in [2.05, 4.69) is 3.63 Å². The van der Waals surface area contributed by atoms with Crippen LogP contribution in [0.3, 0.4) is 0 Å². The van der Waals surface area contributed by atoms with E-state index < -0.39 is 99.6 Å². The molecule has 0 aliphatic carbocycles. The van der Waals surface area contributed by atoms with E-state index in [9.17, 15) is 70.3 Å². The summed E-state index contributed by atoms with van der Waals surface area (Å²) in [6.45, 7) is 4.28. The molecule has 314 valence electrons. The van der Waals surface area contributed by atoms with Gasteiger partial charge in [0.15, 0.2) is 0 Å². The summed E-state index contributed by atoms with van der Waals surface area (Å²) in [5.41, 5.74) is -1.11. The van der Waals surface area contributed by atoms with Crippen LogP contribution >= 0.6 is 10.3 Å². The quantitative estimate of drug-likeness (QED) is 0.0967. The maximum absolute atomic E-state index is 15.4. The van der Waals surface area contributed by atoms with Crippen molar-refractivity contribution in [2.45, 2.75) is 88.0 Å². The van der Waals surface area contributed by atoms with E-state index >= 15 is 17.6 Å². The number of halogens is 17. The molecule has 0 amide bonds. The van der Waals surface area contributed by atoms with Gasteiger partial charge in [0, 0.05) is 14.7 Å². The van der Waals surface area contributed by atoms with Crippen LogP contribution in [0.5, 0.6) is 5.75 Å².